The molecule has 0 atom stereocenters. The number of hydrogen-bond donors (Lipinski definition) is 2. The van der Waals surface area contributed by atoms with Gasteiger partial charge in [-0.2, -0.15) is 0 Å². The molecule has 4 heteroatoms. The van der Waals surface area contributed by atoms with Crippen LogP contribution in [0.4, 0.5) is 0 Å². The van der Waals surface area contributed by atoms with Crippen molar-refractivity contribution in [1.29, 1.82) is 0 Å². The first-order valence-corrected chi connectivity index (χ1v) is 8.27. The predicted molar refractivity (Wildman–Crippen MR) is 103 cm³/mol. The first-order chi connectivity index (χ1) is 12.7. The van der Waals surface area contributed by atoms with Crippen molar-refractivity contribution >= 4 is 28.1 Å². The number of hydrogen-bond acceptors (Lipinski definition) is 3. The van der Waals surface area contributed by atoms with E-state index in [9.17, 15) is 9.90 Å². The Labute approximate surface area is 150 Å². The van der Waals surface area contributed by atoms with Crippen molar-refractivity contribution < 1.29 is 9.90 Å². The summed E-state index contributed by atoms with van der Waals surface area (Å²) >= 11 is 0. The molecule has 0 aliphatic carbocycles. The number of allylic oxidation sites excluding steroid dienone is 1. The lowest BCUT2D eigenvalue weighted by molar-refractivity contribution is 0.105. The summed E-state index contributed by atoms with van der Waals surface area (Å²) in [6.07, 6.45) is 0. The van der Waals surface area contributed by atoms with Crippen molar-refractivity contribution in [2.45, 2.75) is 0 Å². The molecule has 26 heavy (non-hydrogen) atoms. The number of aromatic amines is 1. The third-order valence-corrected chi connectivity index (χ3v) is 4.17. The summed E-state index contributed by atoms with van der Waals surface area (Å²) in [5.41, 5.74) is 2.75. The summed E-state index contributed by atoms with van der Waals surface area (Å²) in [4.78, 5) is 20.8. The number of carbonyl (C=O) groups is 1. The Kier molecular flexibility index (Phi) is 4.07. The van der Waals surface area contributed by atoms with Crippen molar-refractivity contribution in [3.63, 3.8) is 0 Å². The van der Waals surface area contributed by atoms with Gasteiger partial charge >= 0.3 is 0 Å². The smallest absolute Gasteiger partial charge is 0.200 e. The minimum atomic E-state index is -0.286. The number of aromatic nitrogens is 2. The fourth-order valence-electron chi connectivity index (χ4n) is 2.87. The van der Waals surface area contributed by atoms with Crippen LogP contribution < -0.4 is 0 Å². The molecular weight excluding hydrogens is 324 g/mol. The van der Waals surface area contributed by atoms with Gasteiger partial charge in [0.2, 0.25) is 5.78 Å². The molecule has 1 heterocycles. The normalized spacial score (nSPS) is 12.0. The van der Waals surface area contributed by atoms with Gasteiger partial charge in [0.25, 0.3) is 0 Å². The van der Waals surface area contributed by atoms with Gasteiger partial charge in [-0.1, -0.05) is 72.8 Å². The Hall–Kier alpha value is -3.66. The average Bonchev–Trinajstić information content (AvgIpc) is 3.13. The number of carbonyl (C=O) groups excluding carboxylic acids is 1. The van der Waals surface area contributed by atoms with E-state index in [1.807, 2.05) is 48.5 Å². The van der Waals surface area contributed by atoms with Gasteiger partial charge in [-0.25, -0.2) is 4.98 Å². The van der Waals surface area contributed by atoms with E-state index in [2.05, 4.69) is 9.97 Å². The zero-order chi connectivity index (χ0) is 17.9. The maximum atomic E-state index is 13.2. The topological polar surface area (TPSA) is 66.0 Å². The van der Waals surface area contributed by atoms with E-state index in [1.165, 1.54) is 0 Å². The van der Waals surface area contributed by atoms with E-state index in [0.29, 0.717) is 17.0 Å². The minimum absolute atomic E-state index is 0.0986. The predicted octanol–water partition coefficient (Wildman–Crippen LogP) is 4.87. The van der Waals surface area contributed by atoms with E-state index in [-0.39, 0.29) is 17.1 Å². The van der Waals surface area contributed by atoms with Crippen molar-refractivity contribution in [2.75, 3.05) is 0 Å². The van der Waals surface area contributed by atoms with Crippen LogP contribution in [0.3, 0.4) is 0 Å². The van der Waals surface area contributed by atoms with Crippen LogP contribution in [0.15, 0.2) is 84.9 Å². The Balaban J connectivity index is 1.93. The molecule has 4 rings (SSSR count). The Morgan fingerprint density at radius 2 is 1.35 bits per heavy atom. The van der Waals surface area contributed by atoms with E-state index in [4.69, 9.17) is 0 Å². The van der Waals surface area contributed by atoms with Gasteiger partial charge in [-0.05, 0) is 12.1 Å². The summed E-state index contributed by atoms with van der Waals surface area (Å²) < 4.78 is 0. The number of aliphatic hydroxyl groups is 1. The molecule has 0 fully saturated rings. The number of benzene rings is 3. The molecule has 0 saturated carbocycles. The van der Waals surface area contributed by atoms with Crippen LogP contribution in [0.25, 0.3) is 22.4 Å². The molecule has 0 bridgehead atoms. The summed E-state index contributed by atoms with van der Waals surface area (Å²) in [7, 11) is 0. The van der Waals surface area contributed by atoms with Crippen molar-refractivity contribution in [2.24, 2.45) is 0 Å². The highest BCUT2D eigenvalue weighted by Crippen LogP contribution is 2.27. The number of fused-ring (bicyclic) bond motifs is 1. The maximum Gasteiger partial charge on any atom is 0.200 e. The van der Waals surface area contributed by atoms with Crippen LogP contribution in [-0.2, 0) is 0 Å². The Morgan fingerprint density at radius 1 is 0.769 bits per heavy atom. The maximum absolute atomic E-state index is 13.2. The lowest BCUT2D eigenvalue weighted by atomic mass is 9.99. The summed E-state index contributed by atoms with van der Waals surface area (Å²) in [5, 5.41) is 10.9. The minimum Gasteiger partial charge on any atom is -0.506 e. The van der Waals surface area contributed by atoms with Crippen molar-refractivity contribution in [1.82, 2.24) is 9.97 Å². The molecule has 3 aromatic carbocycles. The lowest BCUT2D eigenvalue weighted by Crippen LogP contribution is -2.07. The molecule has 0 spiro atoms. The van der Waals surface area contributed by atoms with Gasteiger partial charge in [0.15, 0.2) is 0 Å². The SMILES string of the molecule is O=C(/C(=C(/O)c1ccccc1)c1nc2ccccc2[nH]1)c1ccccc1. The van der Waals surface area contributed by atoms with Gasteiger partial charge in [0.1, 0.15) is 17.2 Å². The third-order valence-electron chi connectivity index (χ3n) is 4.17. The van der Waals surface area contributed by atoms with Crippen LogP contribution in [-0.4, -0.2) is 20.9 Å². The highest BCUT2D eigenvalue weighted by molar-refractivity contribution is 6.33. The first kappa shape index (κ1) is 15.8. The molecule has 4 aromatic rings. The average molecular weight is 340 g/mol. The zero-order valence-corrected chi connectivity index (χ0v) is 13.9. The van der Waals surface area contributed by atoms with Crippen LogP contribution in [0.1, 0.15) is 21.7 Å². The van der Waals surface area contributed by atoms with Crippen molar-refractivity contribution in [3.8, 4) is 0 Å². The van der Waals surface area contributed by atoms with Crippen LogP contribution >= 0.6 is 0 Å². The van der Waals surface area contributed by atoms with E-state index >= 15 is 0 Å². The van der Waals surface area contributed by atoms with Crippen LogP contribution in [0, 0.1) is 0 Å². The number of H-pyrrole nitrogens is 1. The van der Waals surface area contributed by atoms with E-state index < -0.39 is 0 Å². The molecule has 126 valence electrons. The molecular formula is C22H16N2O2. The summed E-state index contributed by atoms with van der Waals surface area (Å²) in [5.74, 6) is -0.0362. The number of para-hydroxylation sites is 2. The van der Waals surface area contributed by atoms with E-state index in [1.54, 1.807) is 36.4 Å². The number of rotatable bonds is 4. The second kappa shape index (κ2) is 6.69. The Bertz CT molecular complexity index is 1060. The molecule has 0 aliphatic heterocycles. The first-order valence-electron chi connectivity index (χ1n) is 8.27. The van der Waals surface area contributed by atoms with Crippen LogP contribution in [0.2, 0.25) is 0 Å². The Morgan fingerprint density at radius 3 is 2.00 bits per heavy atom. The number of imidazole rings is 1. The molecule has 0 amide bonds. The molecule has 4 nitrogen and oxygen atoms in total. The van der Waals surface area contributed by atoms with Gasteiger partial charge < -0.3 is 10.1 Å². The lowest BCUT2D eigenvalue weighted by Gasteiger charge is -2.09. The fraction of sp³-hybridized carbons (Fsp3) is 0. The quantitative estimate of drug-likeness (QED) is 0.316. The summed E-state index contributed by atoms with van der Waals surface area (Å²) in [6.45, 7) is 0. The zero-order valence-electron chi connectivity index (χ0n) is 13.9. The number of Topliss-reactive ketones (excluding diaryl/α,β-unsaturated/α-hetero) is 1. The van der Waals surface area contributed by atoms with Gasteiger partial charge in [0, 0.05) is 11.1 Å². The van der Waals surface area contributed by atoms with Gasteiger partial charge in [-0.15, -0.1) is 0 Å². The number of nitrogens with one attached hydrogen (secondary N) is 1. The van der Waals surface area contributed by atoms with E-state index in [0.717, 1.165) is 11.0 Å². The standard InChI is InChI=1S/C22H16N2O2/c25-20(15-9-3-1-4-10-15)19(21(26)16-11-5-2-6-12-16)22-23-17-13-7-8-14-18(17)24-22/h1-14,25H,(H,23,24)/b20-19-. The molecule has 0 unspecified atom stereocenters. The number of nitrogens with zero attached hydrogens (tertiary/aromatic N) is 1. The molecule has 0 radical (unpaired) electrons. The van der Waals surface area contributed by atoms with Gasteiger partial charge in [-0.3, -0.25) is 4.79 Å². The van der Waals surface area contributed by atoms with Gasteiger partial charge in [0.05, 0.1) is 11.0 Å². The summed E-state index contributed by atoms with van der Waals surface area (Å²) in [6, 6.07) is 25.4. The monoisotopic (exact) mass is 340 g/mol. The van der Waals surface area contributed by atoms with Crippen LogP contribution in [0.5, 0.6) is 0 Å². The number of ketones is 1. The highest BCUT2D eigenvalue weighted by Gasteiger charge is 2.23. The molecule has 0 saturated heterocycles. The fourth-order valence-corrected chi connectivity index (χ4v) is 2.87. The highest BCUT2D eigenvalue weighted by atomic mass is 16.3. The number of aliphatic hydroxyl groups excluding tert-OH is 1. The second-order valence-electron chi connectivity index (χ2n) is 5.89. The molecule has 1 aromatic heterocycles. The third kappa shape index (κ3) is 2.89. The second-order valence-corrected chi connectivity index (χ2v) is 5.89. The van der Waals surface area contributed by atoms with Crippen molar-refractivity contribution in [3.05, 3.63) is 102 Å². The molecule has 2 N–H and O–H groups in total. The molecule has 0 aliphatic rings. The largest absolute Gasteiger partial charge is 0.506 e.